The summed E-state index contributed by atoms with van der Waals surface area (Å²) in [5, 5.41) is 2.87. The summed E-state index contributed by atoms with van der Waals surface area (Å²) in [5.74, 6) is -0.0981. The summed E-state index contributed by atoms with van der Waals surface area (Å²) in [5.41, 5.74) is -0.782. The molecule has 6 heteroatoms. The fraction of sp³-hybridized carbons (Fsp3) is 0.533. The van der Waals surface area contributed by atoms with Crippen molar-refractivity contribution < 1.29 is 18.0 Å². The molecule has 1 amide bonds. The Labute approximate surface area is 130 Å². The van der Waals surface area contributed by atoms with Crippen LogP contribution in [0.1, 0.15) is 48.5 Å². The molecular weight excluding hydrogens is 347 g/mol. The molecule has 1 N–H and O–H groups in total. The Balaban J connectivity index is 2.18. The van der Waals surface area contributed by atoms with Crippen molar-refractivity contribution in [3.63, 3.8) is 0 Å². The van der Waals surface area contributed by atoms with Crippen LogP contribution >= 0.6 is 15.9 Å². The predicted molar refractivity (Wildman–Crippen MR) is 78.0 cm³/mol. The molecule has 0 aliphatic heterocycles. The monoisotopic (exact) mass is 363 g/mol. The zero-order valence-corrected chi connectivity index (χ0v) is 13.2. The van der Waals surface area contributed by atoms with Crippen LogP contribution < -0.4 is 5.32 Å². The third-order valence-electron chi connectivity index (χ3n) is 3.97. The van der Waals surface area contributed by atoms with Crippen LogP contribution in [0.25, 0.3) is 0 Å². The number of halogens is 4. The molecule has 1 aromatic rings. The maximum atomic E-state index is 12.7. The van der Waals surface area contributed by atoms with Crippen molar-refractivity contribution in [1.82, 2.24) is 5.32 Å². The molecule has 0 spiro atoms. The van der Waals surface area contributed by atoms with Gasteiger partial charge in [0.15, 0.2) is 0 Å². The van der Waals surface area contributed by atoms with Gasteiger partial charge in [0.2, 0.25) is 0 Å². The first-order valence-corrected chi connectivity index (χ1v) is 7.76. The van der Waals surface area contributed by atoms with E-state index in [2.05, 4.69) is 28.2 Å². The number of alkyl halides is 3. The molecule has 116 valence electrons. The average Bonchev–Trinajstić information content (AvgIpc) is 2.40. The van der Waals surface area contributed by atoms with Crippen LogP contribution in [0.2, 0.25) is 0 Å². The second-order valence-electron chi connectivity index (χ2n) is 5.53. The molecular formula is C15H17BrF3NO. The molecule has 2 rings (SSSR count). The summed E-state index contributed by atoms with van der Waals surface area (Å²) in [6.45, 7) is 2.06. The third-order valence-corrected chi connectivity index (χ3v) is 4.66. The summed E-state index contributed by atoms with van der Waals surface area (Å²) < 4.78 is 38.6. The van der Waals surface area contributed by atoms with Gasteiger partial charge in [-0.1, -0.05) is 19.8 Å². The van der Waals surface area contributed by atoms with Gasteiger partial charge < -0.3 is 5.32 Å². The molecule has 1 fully saturated rings. The van der Waals surface area contributed by atoms with E-state index >= 15 is 0 Å². The van der Waals surface area contributed by atoms with E-state index in [0.29, 0.717) is 10.4 Å². The van der Waals surface area contributed by atoms with Gasteiger partial charge in [0.1, 0.15) is 0 Å². The summed E-state index contributed by atoms with van der Waals surface area (Å²) in [6.07, 6.45) is -0.355. The van der Waals surface area contributed by atoms with E-state index in [9.17, 15) is 18.0 Å². The molecule has 1 aliphatic rings. The maximum Gasteiger partial charge on any atom is 0.416 e. The Hall–Kier alpha value is -1.04. The van der Waals surface area contributed by atoms with Gasteiger partial charge >= 0.3 is 6.18 Å². The summed E-state index contributed by atoms with van der Waals surface area (Å²) in [7, 11) is 0. The van der Waals surface area contributed by atoms with E-state index in [1.807, 2.05) is 0 Å². The number of amides is 1. The fourth-order valence-electron chi connectivity index (χ4n) is 2.65. The van der Waals surface area contributed by atoms with E-state index in [0.717, 1.165) is 37.8 Å². The number of carbonyl (C=O) groups excluding carboxylic acids is 1. The Kier molecular flexibility index (Phi) is 4.96. The average molecular weight is 364 g/mol. The van der Waals surface area contributed by atoms with E-state index in [1.54, 1.807) is 0 Å². The SMILES string of the molecule is CC1CCCCC1NC(=O)c1cc(C(F)(F)F)ccc1Br. The third kappa shape index (κ3) is 3.99. The minimum Gasteiger partial charge on any atom is -0.349 e. The Bertz CT molecular complexity index is 530. The minimum absolute atomic E-state index is 0.0302. The second kappa shape index (κ2) is 6.38. The highest BCUT2D eigenvalue weighted by Gasteiger charge is 2.32. The molecule has 1 aliphatic carbocycles. The minimum atomic E-state index is -4.45. The van der Waals surface area contributed by atoms with Crippen LogP contribution in [0.5, 0.6) is 0 Å². The Morgan fingerprint density at radius 3 is 2.57 bits per heavy atom. The summed E-state index contributed by atoms with van der Waals surface area (Å²) in [4.78, 5) is 12.3. The van der Waals surface area contributed by atoms with Gasteiger partial charge in [-0.15, -0.1) is 0 Å². The first kappa shape index (κ1) is 16.3. The van der Waals surface area contributed by atoms with Crippen molar-refractivity contribution in [2.24, 2.45) is 5.92 Å². The van der Waals surface area contributed by atoms with Crippen molar-refractivity contribution >= 4 is 21.8 Å². The van der Waals surface area contributed by atoms with E-state index in [4.69, 9.17) is 0 Å². The van der Waals surface area contributed by atoms with Gasteiger partial charge in [-0.05, 0) is 52.9 Å². The van der Waals surface area contributed by atoms with Crippen LogP contribution in [0, 0.1) is 5.92 Å². The Morgan fingerprint density at radius 2 is 1.95 bits per heavy atom. The maximum absolute atomic E-state index is 12.7. The lowest BCUT2D eigenvalue weighted by atomic mass is 9.86. The topological polar surface area (TPSA) is 29.1 Å². The normalized spacial score (nSPS) is 22.9. The van der Waals surface area contributed by atoms with Crippen LogP contribution in [0.3, 0.4) is 0 Å². The second-order valence-corrected chi connectivity index (χ2v) is 6.39. The predicted octanol–water partition coefficient (Wildman–Crippen LogP) is 4.78. The van der Waals surface area contributed by atoms with Gasteiger partial charge in [0.25, 0.3) is 5.91 Å². The molecule has 2 nitrogen and oxygen atoms in total. The standard InChI is InChI=1S/C15H17BrF3NO/c1-9-4-2-3-5-13(9)20-14(21)11-8-10(15(17,18)19)6-7-12(11)16/h6-9,13H,2-5H2,1H3,(H,20,21). The van der Waals surface area contributed by atoms with E-state index in [-0.39, 0.29) is 11.6 Å². The molecule has 0 saturated heterocycles. The molecule has 2 atom stereocenters. The number of benzene rings is 1. The van der Waals surface area contributed by atoms with Crippen molar-refractivity contribution in [3.8, 4) is 0 Å². The van der Waals surface area contributed by atoms with Crippen LogP contribution in [-0.4, -0.2) is 11.9 Å². The van der Waals surface area contributed by atoms with Crippen molar-refractivity contribution in [1.29, 1.82) is 0 Å². The van der Waals surface area contributed by atoms with Crippen molar-refractivity contribution in [2.75, 3.05) is 0 Å². The molecule has 0 heterocycles. The van der Waals surface area contributed by atoms with Gasteiger partial charge in [-0.25, -0.2) is 0 Å². The highest BCUT2D eigenvalue weighted by atomic mass is 79.9. The van der Waals surface area contributed by atoms with E-state index in [1.165, 1.54) is 6.07 Å². The fourth-order valence-corrected chi connectivity index (χ4v) is 3.08. The van der Waals surface area contributed by atoms with Gasteiger partial charge in [0, 0.05) is 10.5 Å². The molecule has 2 unspecified atom stereocenters. The van der Waals surface area contributed by atoms with Gasteiger partial charge in [0.05, 0.1) is 11.1 Å². The number of rotatable bonds is 2. The molecule has 1 saturated carbocycles. The van der Waals surface area contributed by atoms with Crippen molar-refractivity contribution in [2.45, 2.75) is 44.8 Å². The van der Waals surface area contributed by atoms with E-state index < -0.39 is 17.6 Å². The van der Waals surface area contributed by atoms with Crippen LogP contribution in [0.4, 0.5) is 13.2 Å². The first-order valence-electron chi connectivity index (χ1n) is 6.96. The lowest BCUT2D eigenvalue weighted by Crippen LogP contribution is -2.41. The molecule has 1 aromatic carbocycles. The lowest BCUT2D eigenvalue weighted by molar-refractivity contribution is -0.137. The molecule has 0 radical (unpaired) electrons. The molecule has 0 bridgehead atoms. The summed E-state index contributed by atoms with van der Waals surface area (Å²) >= 11 is 3.15. The Morgan fingerprint density at radius 1 is 1.29 bits per heavy atom. The molecule has 0 aromatic heterocycles. The zero-order chi connectivity index (χ0) is 15.6. The van der Waals surface area contributed by atoms with Gasteiger partial charge in [-0.3, -0.25) is 4.79 Å². The highest BCUT2D eigenvalue weighted by Crippen LogP contribution is 2.32. The largest absolute Gasteiger partial charge is 0.416 e. The molecule has 21 heavy (non-hydrogen) atoms. The number of hydrogen-bond donors (Lipinski definition) is 1. The van der Waals surface area contributed by atoms with Gasteiger partial charge in [-0.2, -0.15) is 13.2 Å². The number of hydrogen-bond acceptors (Lipinski definition) is 1. The first-order chi connectivity index (χ1) is 9.79. The van der Waals surface area contributed by atoms with Crippen LogP contribution in [-0.2, 0) is 6.18 Å². The quantitative estimate of drug-likeness (QED) is 0.804. The summed E-state index contributed by atoms with van der Waals surface area (Å²) in [6, 6.07) is 3.16. The zero-order valence-electron chi connectivity index (χ0n) is 11.6. The lowest BCUT2D eigenvalue weighted by Gasteiger charge is -2.29. The smallest absolute Gasteiger partial charge is 0.349 e. The number of carbonyl (C=O) groups is 1. The van der Waals surface area contributed by atoms with Crippen LogP contribution in [0.15, 0.2) is 22.7 Å². The van der Waals surface area contributed by atoms with Crippen molar-refractivity contribution in [3.05, 3.63) is 33.8 Å². The number of nitrogens with one attached hydrogen (secondary N) is 1. The highest BCUT2D eigenvalue weighted by molar-refractivity contribution is 9.10.